The first-order valence-electron chi connectivity index (χ1n) is 24.0. The second-order valence-corrected chi connectivity index (χ2v) is 18.9. The number of imide groups is 1. The van der Waals surface area contributed by atoms with Crippen molar-refractivity contribution in [3.63, 3.8) is 0 Å². The van der Waals surface area contributed by atoms with Crippen molar-refractivity contribution in [1.29, 1.82) is 0 Å². The normalized spacial score (nSPS) is 18.4. The van der Waals surface area contributed by atoms with Crippen molar-refractivity contribution in [2.45, 2.75) is 149 Å². The van der Waals surface area contributed by atoms with E-state index in [9.17, 15) is 43.5 Å². The van der Waals surface area contributed by atoms with E-state index in [-0.39, 0.29) is 73.1 Å². The minimum Gasteiger partial charge on any atom is -0.496 e. The average molecular weight is 955 g/mol. The van der Waals surface area contributed by atoms with E-state index in [1.54, 1.807) is 55.1 Å². The Balaban J connectivity index is 1.72. The predicted octanol–water partition coefficient (Wildman–Crippen LogP) is 3.84. The molecule has 1 aromatic carbocycles. The summed E-state index contributed by atoms with van der Waals surface area (Å²) in [4.78, 5) is 112. The van der Waals surface area contributed by atoms with Gasteiger partial charge in [0, 0.05) is 66.4 Å². The highest BCUT2D eigenvalue weighted by atomic mass is 16.5. The van der Waals surface area contributed by atoms with Gasteiger partial charge in [0.05, 0.1) is 43.7 Å². The molecule has 2 aliphatic heterocycles. The van der Waals surface area contributed by atoms with Gasteiger partial charge in [0.25, 0.3) is 11.8 Å². The maximum atomic E-state index is 14.6. The molecule has 380 valence electrons. The Hall–Kier alpha value is -5.36. The number of ether oxygens (including phenoxy) is 3. The SMILES string of the molecule is CC[C@H](C)[C@H]([C@@H](CC(=O)N1CCC[C@H]1[C@H](OC)[C@@H](C)C(=O)N[C@@H](Cc1ccccc1OC)C(=O)O)OC)N(C)C(=O)[C@@H](NC(=O)[C@@H](C(C)C)N(C)C(=O)CCCCCN1C(=O)C=CC1=O)C(C)C. The second-order valence-electron chi connectivity index (χ2n) is 18.9. The van der Waals surface area contributed by atoms with Crippen molar-refractivity contribution >= 4 is 47.3 Å². The van der Waals surface area contributed by atoms with Crippen molar-refractivity contribution in [3.05, 3.63) is 42.0 Å². The first-order valence-corrected chi connectivity index (χ1v) is 24.0. The summed E-state index contributed by atoms with van der Waals surface area (Å²) in [6, 6.07) is 2.80. The number of amides is 7. The zero-order valence-corrected chi connectivity index (χ0v) is 42.3. The Morgan fingerprint density at radius 1 is 0.838 bits per heavy atom. The Morgan fingerprint density at radius 3 is 2.04 bits per heavy atom. The molecule has 3 rings (SSSR count). The van der Waals surface area contributed by atoms with Crippen molar-refractivity contribution in [1.82, 2.24) is 30.2 Å². The molecule has 1 saturated heterocycles. The fourth-order valence-electron chi connectivity index (χ4n) is 9.50. The Morgan fingerprint density at radius 2 is 1.49 bits per heavy atom. The number of unbranched alkanes of at least 4 members (excludes halogenated alkanes) is 2. The summed E-state index contributed by atoms with van der Waals surface area (Å²) in [7, 11) is 7.68. The third kappa shape index (κ3) is 14.8. The number of carbonyl (C=O) groups is 8. The standard InChI is InChI=1S/C50H78N6O12/c1-13-32(6)45(54(9)49(63)43(30(2)3)52-48(62)44(31(4)5)53(8)39(57)23-15-14-18-26-56-40(58)24-25-41(56)59)38(67-11)29-42(60)55-27-19-21-36(55)46(68-12)33(7)47(61)51-35(50(64)65)28-34-20-16-17-22-37(34)66-10/h16-17,20,22,24-25,30-33,35-36,38,43-46H,13-15,18-19,21,23,26-29H2,1-12H3,(H,51,61)(H,52,62)(H,64,65)/t32-,33+,35-,36-,38+,43-,44+,45+,46+/m0/s1. The molecule has 0 saturated carbocycles. The van der Waals surface area contributed by atoms with Crippen LogP contribution in [-0.2, 0) is 54.3 Å². The van der Waals surface area contributed by atoms with Crippen LogP contribution < -0.4 is 15.4 Å². The third-order valence-electron chi connectivity index (χ3n) is 13.6. The van der Waals surface area contributed by atoms with E-state index < -0.39 is 66.1 Å². The highest BCUT2D eigenvalue weighted by molar-refractivity contribution is 6.12. The highest BCUT2D eigenvalue weighted by Gasteiger charge is 2.44. The first kappa shape index (κ1) is 57.0. The fourth-order valence-corrected chi connectivity index (χ4v) is 9.50. The van der Waals surface area contributed by atoms with Gasteiger partial charge in [-0.15, -0.1) is 0 Å². The maximum Gasteiger partial charge on any atom is 0.326 e. The van der Waals surface area contributed by atoms with Crippen molar-refractivity contribution in [2.75, 3.05) is 48.5 Å². The lowest BCUT2D eigenvalue weighted by molar-refractivity contribution is -0.149. The number of para-hydroxylation sites is 1. The molecule has 0 bridgehead atoms. The zero-order chi connectivity index (χ0) is 51.0. The van der Waals surface area contributed by atoms with E-state index in [0.29, 0.717) is 56.4 Å². The number of aliphatic carboxylic acids is 1. The number of likely N-dealkylation sites (tertiary alicyclic amines) is 1. The van der Waals surface area contributed by atoms with Crippen LogP contribution in [0.4, 0.5) is 0 Å². The van der Waals surface area contributed by atoms with Gasteiger partial charge in [-0.25, -0.2) is 4.79 Å². The molecule has 68 heavy (non-hydrogen) atoms. The summed E-state index contributed by atoms with van der Waals surface area (Å²) in [5.74, 6) is -4.90. The number of carbonyl (C=O) groups excluding carboxylic acids is 7. The van der Waals surface area contributed by atoms with Crippen LogP contribution in [0.2, 0.25) is 0 Å². The molecule has 0 aromatic heterocycles. The van der Waals surface area contributed by atoms with E-state index in [1.807, 2.05) is 41.5 Å². The summed E-state index contributed by atoms with van der Waals surface area (Å²) in [5, 5.41) is 15.7. The zero-order valence-electron chi connectivity index (χ0n) is 42.3. The van der Waals surface area contributed by atoms with E-state index in [1.165, 1.54) is 43.3 Å². The molecule has 0 unspecified atom stereocenters. The van der Waals surface area contributed by atoms with E-state index in [4.69, 9.17) is 14.2 Å². The molecule has 2 heterocycles. The van der Waals surface area contributed by atoms with Crippen LogP contribution in [0.3, 0.4) is 0 Å². The molecule has 0 aliphatic carbocycles. The third-order valence-corrected chi connectivity index (χ3v) is 13.6. The number of methoxy groups -OCH3 is 3. The van der Waals surface area contributed by atoms with Crippen molar-refractivity contribution < 1.29 is 57.7 Å². The minimum atomic E-state index is -1.24. The number of nitrogens with zero attached hydrogens (tertiary/aromatic N) is 4. The quantitative estimate of drug-likeness (QED) is 0.0806. The highest BCUT2D eigenvalue weighted by Crippen LogP contribution is 2.30. The van der Waals surface area contributed by atoms with Gasteiger partial charge >= 0.3 is 5.97 Å². The van der Waals surface area contributed by atoms with Gasteiger partial charge in [0.2, 0.25) is 29.5 Å². The molecule has 9 atom stereocenters. The van der Waals surface area contributed by atoms with Gasteiger partial charge in [-0.3, -0.25) is 38.5 Å². The number of hydrogen-bond donors (Lipinski definition) is 3. The van der Waals surface area contributed by atoms with Crippen LogP contribution in [-0.4, -0.2) is 163 Å². The lowest BCUT2D eigenvalue weighted by atomic mass is 9.89. The number of carboxylic acid groups (broad SMARTS) is 1. The minimum absolute atomic E-state index is 0.00529. The van der Waals surface area contributed by atoms with Crippen LogP contribution in [0.1, 0.15) is 105 Å². The summed E-state index contributed by atoms with van der Waals surface area (Å²) < 4.78 is 17.3. The summed E-state index contributed by atoms with van der Waals surface area (Å²) in [6.45, 7) is 13.6. The Bertz CT molecular complexity index is 1920. The summed E-state index contributed by atoms with van der Waals surface area (Å²) in [6.07, 6.45) is 4.50. The number of nitrogens with one attached hydrogen (secondary N) is 2. The topological polar surface area (TPSA) is 222 Å². The fraction of sp³-hybridized carbons (Fsp3) is 0.680. The van der Waals surface area contributed by atoms with Crippen molar-refractivity contribution in [2.24, 2.45) is 23.7 Å². The smallest absolute Gasteiger partial charge is 0.326 e. The van der Waals surface area contributed by atoms with Gasteiger partial charge in [0.1, 0.15) is 23.9 Å². The Labute approximate surface area is 402 Å². The van der Waals surface area contributed by atoms with Gasteiger partial charge in [0.15, 0.2) is 0 Å². The molecule has 2 aliphatic rings. The van der Waals surface area contributed by atoms with Crippen LogP contribution in [0.5, 0.6) is 5.75 Å². The van der Waals surface area contributed by atoms with E-state index in [2.05, 4.69) is 10.6 Å². The number of rotatable bonds is 28. The van der Waals surface area contributed by atoms with Crippen LogP contribution in [0.25, 0.3) is 0 Å². The molecule has 7 amide bonds. The second kappa shape index (κ2) is 27.0. The van der Waals surface area contributed by atoms with Crippen LogP contribution in [0, 0.1) is 23.7 Å². The van der Waals surface area contributed by atoms with Crippen molar-refractivity contribution in [3.8, 4) is 5.75 Å². The Kier molecular flexibility index (Phi) is 22.6. The van der Waals surface area contributed by atoms with Crippen LogP contribution in [0.15, 0.2) is 36.4 Å². The number of benzene rings is 1. The largest absolute Gasteiger partial charge is 0.496 e. The van der Waals surface area contributed by atoms with Crippen LogP contribution >= 0.6 is 0 Å². The molecule has 18 nitrogen and oxygen atoms in total. The predicted molar refractivity (Wildman–Crippen MR) is 255 cm³/mol. The molecular weight excluding hydrogens is 877 g/mol. The van der Waals surface area contributed by atoms with E-state index >= 15 is 0 Å². The molecule has 1 fully saturated rings. The summed E-state index contributed by atoms with van der Waals surface area (Å²) in [5.41, 5.74) is 0.621. The van der Waals surface area contributed by atoms with Gasteiger partial charge in [-0.2, -0.15) is 0 Å². The monoisotopic (exact) mass is 955 g/mol. The number of likely N-dealkylation sites (N-methyl/N-ethyl adjacent to an activating group) is 2. The lowest BCUT2D eigenvalue weighted by Crippen LogP contribution is -2.60. The van der Waals surface area contributed by atoms with Gasteiger partial charge in [-0.1, -0.05) is 79.5 Å². The number of hydrogen-bond acceptors (Lipinski definition) is 11. The first-order chi connectivity index (χ1) is 32.1. The molecule has 0 spiro atoms. The molecule has 1 aromatic rings. The number of carboxylic acids is 1. The molecule has 18 heteroatoms. The van der Waals surface area contributed by atoms with E-state index in [0.717, 1.165) is 0 Å². The average Bonchev–Trinajstić information content (AvgIpc) is 3.92. The van der Waals surface area contributed by atoms with Gasteiger partial charge < -0.3 is 44.7 Å². The van der Waals surface area contributed by atoms with Gasteiger partial charge in [-0.05, 0) is 55.1 Å². The molecule has 0 radical (unpaired) electrons. The summed E-state index contributed by atoms with van der Waals surface area (Å²) >= 11 is 0. The molecule has 3 N–H and O–H groups in total. The lowest BCUT2D eigenvalue weighted by Gasteiger charge is -2.41. The molecular formula is C50H78N6O12. The maximum absolute atomic E-state index is 14.6.